The van der Waals surface area contributed by atoms with Crippen molar-refractivity contribution in [3.05, 3.63) is 84.3 Å². The van der Waals surface area contributed by atoms with Crippen LogP contribution < -0.4 is 14.2 Å². The summed E-state index contributed by atoms with van der Waals surface area (Å²) in [5, 5.41) is 0. The van der Waals surface area contributed by atoms with E-state index in [0.29, 0.717) is 0 Å². The highest BCUT2D eigenvalue weighted by molar-refractivity contribution is 5.78. The van der Waals surface area contributed by atoms with Crippen LogP contribution in [0.5, 0.6) is 17.2 Å². The monoisotopic (exact) mass is 359 g/mol. The van der Waals surface area contributed by atoms with Gasteiger partial charge in [0.15, 0.2) is 0 Å². The molecular weight excluding hydrogens is 336 g/mol. The minimum Gasteiger partial charge on any atom is -0.497 e. The van der Waals surface area contributed by atoms with Gasteiger partial charge in [-0.25, -0.2) is 0 Å². The molecule has 0 spiro atoms. The summed E-state index contributed by atoms with van der Waals surface area (Å²) in [6, 6.07) is 22.7. The molecule has 1 aliphatic rings. The Morgan fingerprint density at radius 3 is 2.56 bits per heavy atom. The largest absolute Gasteiger partial charge is 0.497 e. The number of hydrogen-bond acceptors (Lipinski definition) is 3. The van der Waals surface area contributed by atoms with E-state index >= 15 is 0 Å². The van der Waals surface area contributed by atoms with Gasteiger partial charge in [0, 0.05) is 30.0 Å². The Labute approximate surface area is 160 Å². The summed E-state index contributed by atoms with van der Waals surface area (Å²) in [6.07, 6.45) is 4.14. The van der Waals surface area contributed by atoms with Gasteiger partial charge in [-0.05, 0) is 29.7 Å². The average molecular weight is 359 g/mol. The lowest BCUT2D eigenvalue weighted by atomic mass is 9.98. The van der Waals surface area contributed by atoms with Gasteiger partial charge in [-0.1, -0.05) is 48.5 Å². The third-order valence-corrected chi connectivity index (χ3v) is 4.95. The molecule has 0 aliphatic carbocycles. The predicted molar refractivity (Wildman–Crippen MR) is 108 cm³/mol. The molecule has 3 aromatic rings. The summed E-state index contributed by atoms with van der Waals surface area (Å²) in [6.45, 7) is 0. The molecule has 3 nitrogen and oxygen atoms in total. The quantitative estimate of drug-likeness (QED) is 0.611. The molecule has 4 rings (SSSR count). The highest BCUT2D eigenvalue weighted by Gasteiger charge is 2.26. The van der Waals surface area contributed by atoms with Gasteiger partial charge in [0.05, 0.1) is 14.2 Å². The van der Waals surface area contributed by atoms with E-state index in [0.717, 1.165) is 41.2 Å². The molecule has 1 radical (unpaired) electrons. The molecule has 3 heteroatoms. The molecule has 3 aromatic carbocycles. The minimum atomic E-state index is 0.0885. The van der Waals surface area contributed by atoms with Crippen molar-refractivity contribution in [3.63, 3.8) is 0 Å². The Morgan fingerprint density at radius 2 is 1.78 bits per heavy atom. The fraction of sp³-hybridized carbons (Fsp3) is 0.208. The summed E-state index contributed by atoms with van der Waals surface area (Å²) in [5.74, 6) is 2.51. The van der Waals surface area contributed by atoms with Gasteiger partial charge in [-0.2, -0.15) is 0 Å². The molecular formula is C24H23O3. The second kappa shape index (κ2) is 7.75. The zero-order chi connectivity index (χ0) is 18.6. The first-order valence-electron chi connectivity index (χ1n) is 9.16. The third-order valence-electron chi connectivity index (χ3n) is 4.95. The van der Waals surface area contributed by atoms with Crippen LogP contribution in [-0.2, 0) is 12.8 Å². The van der Waals surface area contributed by atoms with Crippen LogP contribution in [0.4, 0.5) is 0 Å². The van der Waals surface area contributed by atoms with Gasteiger partial charge in [0.1, 0.15) is 23.4 Å². The van der Waals surface area contributed by atoms with Crippen LogP contribution in [0, 0.1) is 6.42 Å². The van der Waals surface area contributed by atoms with Crippen LogP contribution in [0.1, 0.15) is 11.1 Å². The lowest BCUT2D eigenvalue weighted by molar-refractivity contribution is 0.264. The number of hydrogen-bond donors (Lipinski definition) is 0. The highest BCUT2D eigenvalue weighted by Crippen LogP contribution is 2.43. The van der Waals surface area contributed by atoms with Crippen LogP contribution in [0.25, 0.3) is 11.1 Å². The van der Waals surface area contributed by atoms with Gasteiger partial charge in [-0.15, -0.1) is 0 Å². The highest BCUT2D eigenvalue weighted by atomic mass is 16.5. The van der Waals surface area contributed by atoms with Crippen LogP contribution in [-0.4, -0.2) is 20.3 Å². The Morgan fingerprint density at radius 1 is 0.926 bits per heavy atom. The Kier molecular flexibility index (Phi) is 5.01. The van der Waals surface area contributed by atoms with Gasteiger partial charge < -0.3 is 14.2 Å². The van der Waals surface area contributed by atoms with E-state index in [1.54, 1.807) is 14.2 Å². The van der Waals surface area contributed by atoms with E-state index in [9.17, 15) is 0 Å². The fourth-order valence-electron chi connectivity index (χ4n) is 3.54. The van der Waals surface area contributed by atoms with E-state index < -0.39 is 0 Å². The van der Waals surface area contributed by atoms with E-state index in [4.69, 9.17) is 14.2 Å². The molecule has 0 saturated carbocycles. The SMILES string of the molecule is COc1ccc(-c2cccc3c2OC([CH]Cc2ccccc2)C3)c(OC)c1. The molecule has 0 aromatic heterocycles. The first-order valence-corrected chi connectivity index (χ1v) is 9.16. The van der Waals surface area contributed by atoms with Crippen molar-refractivity contribution < 1.29 is 14.2 Å². The van der Waals surface area contributed by atoms with Crippen LogP contribution in [0.2, 0.25) is 0 Å². The molecule has 0 bridgehead atoms. The molecule has 1 aliphatic heterocycles. The third kappa shape index (κ3) is 3.63. The van der Waals surface area contributed by atoms with Crippen LogP contribution >= 0.6 is 0 Å². The van der Waals surface area contributed by atoms with Crippen molar-refractivity contribution in [2.45, 2.75) is 18.9 Å². The number of para-hydroxylation sites is 1. The Bertz CT molecular complexity index is 918. The molecule has 27 heavy (non-hydrogen) atoms. The van der Waals surface area contributed by atoms with Crippen molar-refractivity contribution in [1.82, 2.24) is 0 Å². The Hall–Kier alpha value is -2.94. The summed E-state index contributed by atoms with van der Waals surface area (Å²) < 4.78 is 17.2. The summed E-state index contributed by atoms with van der Waals surface area (Å²) >= 11 is 0. The molecule has 0 amide bonds. The average Bonchev–Trinajstić information content (AvgIpc) is 3.15. The number of fused-ring (bicyclic) bond motifs is 1. The Balaban J connectivity index is 1.57. The maximum atomic E-state index is 6.33. The molecule has 1 heterocycles. The number of ether oxygens (including phenoxy) is 3. The molecule has 0 saturated heterocycles. The van der Waals surface area contributed by atoms with Crippen LogP contribution in [0.15, 0.2) is 66.7 Å². The predicted octanol–water partition coefficient (Wildman–Crippen LogP) is 5.12. The lowest BCUT2D eigenvalue weighted by Gasteiger charge is -2.15. The lowest BCUT2D eigenvalue weighted by Crippen LogP contribution is -2.14. The molecule has 1 unspecified atom stereocenters. The first-order chi connectivity index (χ1) is 13.3. The number of rotatable bonds is 6. The molecule has 1 atom stereocenters. The van der Waals surface area contributed by atoms with E-state index in [1.165, 1.54) is 11.1 Å². The van der Waals surface area contributed by atoms with E-state index in [2.05, 4.69) is 48.9 Å². The van der Waals surface area contributed by atoms with Crippen molar-refractivity contribution in [2.24, 2.45) is 0 Å². The van der Waals surface area contributed by atoms with Gasteiger partial charge in [-0.3, -0.25) is 0 Å². The minimum absolute atomic E-state index is 0.0885. The summed E-state index contributed by atoms with van der Waals surface area (Å²) in [4.78, 5) is 0. The van der Waals surface area contributed by atoms with Gasteiger partial charge >= 0.3 is 0 Å². The second-order valence-corrected chi connectivity index (χ2v) is 6.65. The summed E-state index contributed by atoms with van der Waals surface area (Å²) in [5.41, 5.74) is 4.61. The first kappa shape index (κ1) is 17.5. The molecule has 0 N–H and O–H groups in total. The fourth-order valence-corrected chi connectivity index (χ4v) is 3.54. The van der Waals surface area contributed by atoms with Gasteiger partial charge in [0.25, 0.3) is 0 Å². The number of methoxy groups -OCH3 is 2. The topological polar surface area (TPSA) is 27.7 Å². The van der Waals surface area contributed by atoms with Crippen molar-refractivity contribution >= 4 is 0 Å². The summed E-state index contributed by atoms with van der Waals surface area (Å²) in [7, 11) is 3.34. The normalized spacial score (nSPS) is 15.1. The zero-order valence-corrected chi connectivity index (χ0v) is 15.6. The zero-order valence-electron chi connectivity index (χ0n) is 15.6. The number of benzene rings is 3. The van der Waals surface area contributed by atoms with E-state index in [-0.39, 0.29) is 6.10 Å². The van der Waals surface area contributed by atoms with Crippen molar-refractivity contribution in [3.8, 4) is 28.4 Å². The molecule has 137 valence electrons. The maximum Gasteiger partial charge on any atom is 0.131 e. The van der Waals surface area contributed by atoms with Crippen LogP contribution in [0.3, 0.4) is 0 Å². The smallest absolute Gasteiger partial charge is 0.131 e. The second-order valence-electron chi connectivity index (χ2n) is 6.65. The van der Waals surface area contributed by atoms with Gasteiger partial charge in [0.2, 0.25) is 0 Å². The van der Waals surface area contributed by atoms with E-state index in [1.807, 2.05) is 24.3 Å². The molecule has 0 fully saturated rings. The van der Waals surface area contributed by atoms with Crippen molar-refractivity contribution in [2.75, 3.05) is 14.2 Å². The maximum absolute atomic E-state index is 6.33. The van der Waals surface area contributed by atoms with Crippen molar-refractivity contribution in [1.29, 1.82) is 0 Å². The standard InChI is InChI=1S/C24H23O3/c1-25-19-13-14-21(23(16-19)26-2)22-10-6-9-18-15-20(27-24(18)22)12-11-17-7-4-3-5-8-17/h3-10,12-14,16,20H,11,15H2,1-2H3.